The summed E-state index contributed by atoms with van der Waals surface area (Å²) < 4.78 is 10.6. The van der Waals surface area contributed by atoms with Crippen LogP contribution in [-0.4, -0.2) is 53.8 Å². The summed E-state index contributed by atoms with van der Waals surface area (Å²) in [5.41, 5.74) is 3.73. The molecule has 0 saturated heterocycles. The van der Waals surface area contributed by atoms with E-state index < -0.39 is 42.3 Å². The number of esters is 2. The number of hydrogen-bond acceptors (Lipinski definition) is 8. The topological polar surface area (TPSA) is 119 Å². The van der Waals surface area contributed by atoms with E-state index in [0.29, 0.717) is 11.1 Å². The summed E-state index contributed by atoms with van der Waals surface area (Å²) in [4.78, 5) is 66.5. The van der Waals surface area contributed by atoms with Gasteiger partial charge in [-0.3, -0.25) is 19.3 Å². The number of ether oxygens (including phenoxy) is 2. The first-order valence-electron chi connectivity index (χ1n) is 13.6. The molecule has 218 valence electrons. The standard InChI is InChI=1S/C33H28N2O7S/c1-3-41-33(40)28-25(22-15-13-20(2)14-16-22)19-43-29(28)34-27(36)18-42-32(39)26(17-21-9-5-4-6-10-21)35-30(37)23-11-7-8-12-24(23)31(35)38/h4-16,19,26H,3,17-18H2,1-2H3,(H,34,36)/t26-/m1/s1. The second-order valence-electron chi connectivity index (χ2n) is 9.83. The van der Waals surface area contributed by atoms with Crippen molar-refractivity contribution < 1.29 is 33.4 Å². The van der Waals surface area contributed by atoms with Gasteiger partial charge in [-0.2, -0.15) is 0 Å². The van der Waals surface area contributed by atoms with Crippen LogP contribution in [0, 0.1) is 6.92 Å². The average molecular weight is 597 g/mol. The van der Waals surface area contributed by atoms with Crippen molar-refractivity contribution in [1.82, 2.24) is 4.90 Å². The molecule has 1 N–H and O–H groups in total. The van der Waals surface area contributed by atoms with E-state index in [1.807, 2.05) is 37.3 Å². The molecule has 4 aromatic rings. The minimum atomic E-state index is -1.30. The highest BCUT2D eigenvalue weighted by molar-refractivity contribution is 7.15. The first kappa shape index (κ1) is 29.4. The fourth-order valence-corrected chi connectivity index (χ4v) is 5.78. The van der Waals surface area contributed by atoms with Gasteiger partial charge >= 0.3 is 11.9 Å². The lowest BCUT2D eigenvalue weighted by Crippen LogP contribution is -2.47. The zero-order valence-electron chi connectivity index (χ0n) is 23.5. The van der Waals surface area contributed by atoms with Crippen molar-refractivity contribution in [2.75, 3.05) is 18.5 Å². The van der Waals surface area contributed by atoms with Crippen LogP contribution in [-0.2, 0) is 25.5 Å². The van der Waals surface area contributed by atoms with Crippen LogP contribution in [0.25, 0.3) is 11.1 Å². The first-order chi connectivity index (χ1) is 20.8. The van der Waals surface area contributed by atoms with Gasteiger partial charge in [-0.15, -0.1) is 11.3 Å². The number of nitrogens with zero attached hydrogens (tertiary/aromatic N) is 1. The Bertz CT molecular complexity index is 1660. The molecule has 0 radical (unpaired) electrons. The maximum atomic E-state index is 13.4. The van der Waals surface area contributed by atoms with Gasteiger partial charge in [-0.05, 0) is 37.1 Å². The Labute approximate surface area is 252 Å². The van der Waals surface area contributed by atoms with Crippen LogP contribution >= 0.6 is 11.3 Å². The third kappa shape index (κ3) is 6.24. The number of imide groups is 1. The number of nitrogens with one attached hydrogen (secondary N) is 1. The normalized spacial score (nSPS) is 12.9. The van der Waals surface area contributed by atoms with Crippen molar-refractivity contribution in [2.45, 2.75) is 26.3 Å². The number of carbonyl (C=O) groups excluding carboxylic acids is 5. The molecule has 2 heterocycles. The molecule has 10 heteroatoms. The quantitative estimate of drug-likeness (QED) is 0.195. The Balaban J connectivity index is 1.34. The summed E-state index contributed by atoms with van der Waals surface area (Å²) in [6.07, 6.45) is 0.00457. The molecule has 1 aromatic heterocycles. The van der Waals surface area contributed by atoms with E-state index in [-0.39, 0.29) is 34.7 Å². The van der Waals surface area contributed by atoms with Gasteiger partial charge in [0.1, 0.15) is 16.6 Å². The van der Waals surface area contributed by atoms with Crippen molar-refractivity contribution in [1.29, 1.82) is 0 Å². The van der Waals surface area contributed by atoms with E-state index in [0.717, 1.165) is 27.4 Å². The molecule has 1 aliphatic rings. The van der Waals surface area contributed by atoms with Gasteiger partial charge in [0.2, 0.25) is 0 Å². The molecule has 0 spiro atoms. The number of aryl methyl sites for hydroxylation is 1. The van der Waals surface area contributed by atoms with Crippen LogP contribution in [0.4, 0.5) is 5.00 Å². The van der Waals surface area contributed by atoms with Crippen molar-refractivity contribution in [3.8, 4) is 11.1 Å². The predicted octanol–water partition coefficient (Wildman–Crippen LogP) is 5.29. The summed E-state index contributed by atoms with van der Waals surface area (Å²) in [7, 11) is 0. The third-order valence-electron chi connectivity index (χ3n) is 6.91. The van der Waals surface area contributed by atoms with E-state index in [1.54, 1.807) is 48.7 Å². The lowest BCUT2D eigenvalue weighted by atomic mass is 10.0. The van der Waals surface area contributed by atoms with Gasteiger partial charge in [0.05, 0.1) is 17.7 Å². The first-order valence-corrected chi connectivity index (χ1v) is 14.5. The summed E-state index contributed by atoms with van der Waals surface area (Å²) in [6, 6.07) is 21.5. The summed E-state index contributed by atoms with van der Waals surface area (Å²) >= 11 is 1.14. The minimum absolute atomic E-state index is 0.00457. The zero-order valence-corrected chi connectivity index (χ0v) is 24.3. The molecule has 0 unspecified atom stereocenters. The monoisotopic (exact) mass is 596 g/mol. The fraction of sp³-hybridized carbons (Fsp3) is 0.182. The fourth-order valence-electron chi connectivity index (χ4n) is 4.81. The number of hydrogen-bond donors (Lipinski definition) is 1. The molecule has 43 heavy (non-hydrogen) atoms. The Kier molecular flexibility index (Phi) is 8.77. The van der Waals surface area contributed by atoms with Crippen molar-refractivity contribution >= 4 is 46.0 Å². The third-order valence-corrected chi connectivity index (χ3v) is 7.81. The molecule has 3 aromatic carbocycles. The largest absolute Gasteiger partial charge is 0.462 e. The molecular weight excluding hydrogens is 568 g/mol. The van der Waals surface area contributed by atoms with Crippen LogP contribution in [0.3, 0.4) is 0 Å². The molecule has 1 atom stereocenters. The van der Waals surface area contributed by atoms with Crippen LogP contribution in [0.2, 0.25) is 0 Å². The Morgan fingerprint density at radius 1 is 0.837 bits per heavy atom. The highest BCUT2D eigenvalue weighted by atomic mass is 32.1. The van der Waals surface area contributed by atoms with E-state index in [4.69, 9.17) is 9.47 Å². The number of thiophene rings is 1. The van der Waals surface area contributed by atoms with Gasteiger partial charge < -0.3 is 14.8 Å². The van der Waals surface area contributed by atoms with E-state index in [1.165, 1.54) is 12.1 Å². The van der Waals surface area contributed by atoms with E-state index in [2.05, 4.69) is 5.32 Å². The Morgan fingerprint density at radius 3 is 2.09 bits per heavy atom. The van der Waals surface area contributed by atoms with Crippen molar-refractivity contribution in [2.24, 2.45) is 0 Å². The molecule has 1 aliphatic heterocycles. The van der Waals surface area contributed by atoms with Gasteiger partial charge in [0.25, 0.3) is 17.7 Å². The smallest absolute Gasteiger partial charge is 0.341 e. The molecular formula is C33H28N2O7S. The van der Waals surface area contributed by atoms with E-state index in [9.17, 15) is 24.0 Å². The van der Waals surface area contributed by atoms with Crippen LogP contribution < -0.4 is 5.32 Å². The number of carbonyl (C=O) groups is 5. The second-order valence-corrected chi connectivity index (χ2v) is 10.7. The predicted molar refractivity (Wildman–Crippen MR) is 161 cm³/mol. The van der Waals surface area contributed by atoms with Crippen LogP contribution in [0.5, 0.6) is 0 Å². The van der Waals surface area contributed by atoms with E-state index >= 15 is 0 Å². The minimum Gasteiger partial charge on any atom is -0.462 e. The molecule has 0 fully saturated rings. The van der Waals surface area contributed by atoms with Crippen LogP contribution in [0.15, 0.2) is 84.2 Å². The molecule has 3 amide bonds. The highest BCUT2D eigenvalue weighted by Gasteiger charge is 2.43. The van der Waals surface area contributed by atoms with Gasteiger partial charge in [-0.25, -0.2) is 9.59 Å². The van der Waals surface area contributed by atoms with Gasteiger partial charge in [0, 0.05) is 17.4 Å². The van der Waals surface area contributed by atoms with Crippen molar-refractivity contribution in [3.63, 3.8) is 0 Å². The molecule has 0 bridgehead atoms. The molecule has 9 nitrogen and oxygen atoms in total. The SMILES string of the molecule is CCOC(=O)c1c(-c2ccc(C)cc2)csc1NC(=O)COC(=O)[C@@H](Cc1ccccc1)N1C(=O)c2ccccc2C1=O. The van der Waals surface area contributed by atoms with Gasteiger partial charge in [-0.1, -0.05) is 72.3 Å². The average Bonchev–Trinajstić information content (AvgIpc) is 3.54. The summed E-state index contributed by atoms with van der Waals surface area (Å²) in [6.45, 7) is 3.09. The number of amides is 3. The number of benzene rings is 3. The second kappa shape index (κ2) is 12.8. The maximum absolute atomic E-state index is 13.4. The summed E-state index contributed by atoms with van der Waals surface area (Å²) in [5, 5.41) is 4.64. The lowest BCUT2D eigenvalue weighted by Gasteiger charge is -2.24. The lowest BCUT2D eigenvalue weighted by molar-refractivity contribution is -0.151. The highest BCUT2D eigenvalue weighted by Crippen LogP contribution is 2.36. The number of rotatable bonds is 10. The summed E-state index contributed by atoms with van der Waals surface area (Å²) in [5.74, 6) is -3.42. The van der Waals surface area contributed by atoms with Crippen LogP contribution in [0.1, 0.15) is 49.1 Å². The van der Waals surface area contributed by atoms with Crippen molar-refractivity contribution in [3.05, 3.63) is 112 Å². The van der Waals surface area contributed by atoms with Gasteiger partial charge in [0.15, 0.2) is 6.61 Å². The Hall–Kier alpha value is -5.09. The molecule has 0 aliphatic carbocycles. The number of fused-ring (bicyclic) bond motifs is 1. The zero-order chi connectivity index (χ0) is 30.5. The Morgan fingerprint density at radius 2 is 1.47 bits per heavy atom. The number of anilines is 1. The molecule has 5 rings (SSSR count). The molecule has 0 saturated carbocycles. The maximum Gasteiger partial charge on any atom is 0.341 e.